The summed E-state index contributed by atoms with van der Waals surface area (Å²) in [5, 5.41) is 9.58. The van der Waals surface area contributed by atoms with Gasteiger partial charge < -0.3 is 9.47 Å². The lowest BCUT2D eigenvalue weighted by molar-refractivity contribution is 0.184. The summed E-state index contributed by atoms with van der Waals surface area (Å²) < 4.78 is 16.5. The minimum Gasteiger partial charge on any atom is -0.476 e. The van der Waals surface area contributed by atoms with Crippen LogP contribution in [0.2, 0.25) is 0 Å². The average Bonchev–Trinajstić information content (AvgIpc) is 3.61. The summed E-state index contributed by atoms with van der Waals surface area (Å²) in [6.07, 6.45) is 7.72. The molecule has 0 atom stereocenters. The smallest absolute Gasteiger partial charge is 0.240 e. The van der Waals surface area contributed by atoms with E-state index in [1.165, 1.54) is 24.1 Å². The highest BCUT2D eigenvalue weighted by atomic mass is 16.5. The van der Waals surface area contributed by atoms with Crippen molar-refractivity contribution >= 4 is 11.6 Å². The second kappa shape index (κ2) is 10.6. The van der Waals surface area contributed by atoms with Crippen molar-refractivity contribution in [3.8, 4) is 22.9 Å². The third-order valence-corrected chi connectivity index (χ3v) is 7.31. The van der Waals surface area contributed by atoms with Gasteiger partial charge in [0.05, 0.1) is 29.1 Å². The van der Waals surface area contributed by atoms with Crippen LogP contribution in [0.5, 0.6) is 11.8 Å². The second-order valence-electron chi connectivity index (χ2n) is 10.1. The molecule has 1 saturated carbocycles. The molecule has 1 aliphatic heterocycles. The number of aromatic nitrogens is 4. The van der Waals surface area contributed by atoms with E-state index in [9.17, 15) is 0 Å². The number of ether oxygens (including phenoxy) is 2. The van der Waals surface area contributed by atoms with Crippen molar-refractivity contribution in [3.05, 3.63) is 58.9 Å². The van der Waals surface area contributed by atoms with Gasteiger partial charge in [-0.1, -0.05) is 31.7 Å². The van der Waals surface area contributed by atoms with Gasteiger partial charge in [0.1, 0.15) is 6.61 Å². The second-order valence-corrected chi connectivity index (χ2v) is 10.1. The van der Waals surface area contributed by atoms with E-state index in [0.717, 1.165) is 65.5 Å². The van der Waals surface area contributed by atoms with E-state index in [1.807, 2.05) is 25.6 Å². The lowest BCUT2D eigenvalue weighted by Gasteiger charge is -2.23. The molecule has 5 rings (SSSR count). The summed E-state index contributed by atoms with van der Waals surface area (Å²) >= 11 is 0. The predicted octanol–water partition coefficient (Wildman–Crippen LogP) is 5.79. The number of allylic oxidation sites excluding steroid dienone is 2. The molecular formula is C30H39N5O2. The molecule has 2 aromatic heterocycles. The Balaban J connectivity index is 1.64. The standard InChI is InChI=1S/C30H39N5O2/c1-7-15-35-27-19-34(24-12-13-24)16-17-37-30-28(22(5)31-33(30)6)23-11-9-20(3)26(18-23)21(4)10-14-25(27)29(32-35)36-8-2/h9-11,14,18,24H,4,7-8,12-13,15-17,19H2,1-3,5-6H3/b14-10+. The van der Waals surface area contributed by atoms with Crippen molar-refractivity contribution in [2.24, 2.45) is 7.05 Å². The van der Waals surface area contributed by atoms with Gasteiger partial charge in [-0.05, 0) is 74.4 Å². The zero-order chi connectivity index (χ0) is 26.1. The van der Waals surface area contributed by atoms with Crippen molar-refractivity contribution in [1.82, 2.24) is 24.5 Å². The molecule has 3 heterocycles. The SMILES string of the molecule is C=C1/C=C/c2c(OCC)nn(CCC)c2CN(C2CC2)CCOc2c(c(C)nn2C)-c2ccc(C)c1c2. The molecule has 2 aliphatic rings. The maximum atomic E-state index is 6.46. The van der Waals surface area contributed by atoms with Gasteiger partial charge in [-0.2, -0.15) is 5.10 Å². The van der Waals surface area contributed by atoms with Crippen LogP contribution in [0.3, 0.4) is 0 Å². The highest BCUT2D eigenvalue weighted by Crippen LogP contribution is 2.37. The van der Waals surface area contributed by atoms with Gasteiger partial charge in [-0.3, -0.25) is 9.58 Å². The Morgan fingerprint density at radius 1 is 1.14 bits per heavy atom. The molecule has 7 nitrogen and oxygen atoms in total. The first-order valence-corrected chi connectivity index (χ1v) is 13.5. The van der Waals surface area contributed by atoms with Crippen molar-refractivity contribution in [2.45, 2.75) is 66.1 Å². The highest BCUT2D eigenvalue weighted by molar-refractivity contribution is 5.83. The molecule has 0 unspecified atom stereocenters. The van der Waals surface area contributed by atoms with Crippen LogP contribution in [0.1, 0.15) is 61.2 Å². The molecule has 0 radical (unpaired) electrons. The monoisotopic (exact) mass is 501 g/mol. The lowest BCUT2D eigenvalue weighted by atomic mass is 9.95. The summed E-state index contributed by atoms with van der Waals surface area (Å²) in [6.45, 7) is 16.5. The molecule has 1 aliphatic carbocycles. The molecule has 0 amide bonds. The van der Waals surface area contributed by atoms with Gasteiger partial charge in [-0.25, -0.2) is 4.68 Å². The number of aryl methyl sites for hydroxylation is 4. The minimum absolute atomic E-state index is 0.581. The van der Waals surface area contributed by atoms with Crippen LogP contribution in [-0.4, -0.2) is 50.3 Å². The van der Waals surface area contributed by atoms with Crippen LogP contribution in [0.4, 0.5) is 0 Å². The van der Waals surface area contributed by atoms with Crippen molar-refractivity contribution < 1.29 is 9.47 Å². The molecule has 0 spiro atoms. The molecule has 2 bridgehead atoms. The van der Waals surface area contributed by atoms with Crippen molar-refractivity contribution in [2.75, 3.05) is 19.8 Å². The zero-order valence-electron chi connectivity index (χ0n) is 22.9. The van der Waals surface area contributed by atoms with Crippen LogP contribution in [-0.2, 0) is 20.1 Å². The number of benzene rings is 1. The fourth-order valence-electron chi connectivity index (χ4n) is 5.28. The summed E-state index contributed by atoms with van der Waals surface area (Å²) in [5.74, 6) is 1.51. The van der Waals surface area contributed by atoms with E-state index in [-0.39, 0.29) is 0 Å². The van der Waals surface area contributed by atoms with E-state index in [4.69, 9.17) is 19.7 Å². The van der Waals surface area contributed by atoms with Crippen molar-refractivity contribution in [3.63, 3.8) is 0 Å². The number of rotatable bonds is 5. The Morgan fingerprint density at radius 3 is 2.68 bits per heavy atom. The van der Waals surface area contributed by atoms with Crippen LogP contribution >= 0.6 is 0 Å². The van der Waals surface area contributed by atoms with E-state index < -0.39 is 0 Å². The first kappa shape index (κ1) is 25.3. The number of fused-ring (bicyclic) bond motifs is 5. The maximum Gasteiger partial charge on any atom is 0.240 e. The molecule has 37 heavy (non-hydrogen) atoms. The fraction of sp³-hybridized carbons (Fsp3) is 0.467. The molecule has 1 aromatic carbocycles. The van der Waals surface area contributed by atoms with Crippen LogP contribution in [0.25, 0.3) is 22.8 Å². The normalized spacial score (nSPS) is 17.4. The summed E-state index contributed by atoms with van der Waals surface area (Å²) in [5.41, 5.74) is 8.59. The van der Waals surface area contributed by atoms with Crippen LogP contribution in [0, 0.1) is 13.8 Å². The van der Waals surface area contributed by atoms with E-state index in [0.29, 0.717) is 25.1 Å². The van der Waals surface area contributed by atoms with E-state index in [2.05, 4.69) is 60.4 Å². The Bertz CT molecular complexity index is 1330. The number of nitrogens with zero attached hydrogens (tertiary/aromatic N) is 5. The van der Waals surface area contributed by atoms with Gasteiger partial charge in [0.2, 0.25) is 11.8 Å². The predicted molar refractivity (Wildman–Crippen MR) is 149 cm³/mol. The Morgan fingerprint density at radius 2 is 1.95 bits per heavy atom. The zero-order valence-corrected chi connectivity index (χ0v) is 22.9. The van der Waals surface area contributed by atoms with Crippen LogP contribution < -0.4 is 9.47 Å². The average molecular weight is 502 g/mol. The Labute approximate surface area is 220 Å². The number of hydrogen-bond acceptors (Lipinski definition) is 5. The quantitative estimate of drug-likeness (QED) is 0.443. The van der Waals surface area contributed by atoms with Gasteiger partial charge in [0, 0.05) is 32.7 Å². The molecule has 3 aromatic rings. The van der Waals surface area contributed by atoms with Gasteiger partial charge in [-0.15, -0.1) is 5.10 Å². The minimum atomic E-state index is 0.581. The first-order chi connectivity index (χ1) is 17.9. The number of hydrogen-bond donors (Lipinski definition) is 0. The lowest BCUT2D eigenvalue weighted by Crippen LogP contribution is -2.31. The third-order valence-electron chi connectivity index (χ3n) is 7.31. The van der Waals surface area contributed by atoms with E-state index in [1.54, 1.807) is 0 Å². The largest absolute Gasteiger partial charge is 0.476 e. The molecule has 0 N–H and O–H groups in total. The molecule has 196 valence electrons. The maximum absolute atomic E-state index is 6.46. The van der Waals surface area contributed by atoms with Gasteiger partial charge in [0.15, 0.2) is 0 Å². The Kier molecular flexibility index (Phi) is 7.24. The fourth-order valence-corrected chi connectivity index (χ4v) is 5.28. The Hall–Kier alpha value is -3.32. The molecule has 0 saturated heterocycles. The highest BCUT2D eigenvalue weighted by Gasteiger charge is 2.31. The summed E-state index contributed by atoms with van der Waals surface area (Å²) in [7, 11) is 1.96. The summed E-state index contributed by atoms with van der Waals surface area (Å²) in [4.78, 5) is 2.54. The van der Waals surface area contributed by atoms with Crippen LogP contribution in [0.15, 0.2) is 30.9 Å². The first-order valence-electron chi connectivity index (χ1n) is 13.5. The van der Waals surface area contributed by atoms with Crippen molar-refractivity contribution in [1.29, 1.82) is 0 Å². The molecular weight excluding hydrogens is 462 g/mol. The van der Waals surface area contributed by atoms with Gasteiger partial charge >= 0.3 is 0 Å². The molecule has 1 fully saturated rings. The molecule has 7 heteroatoms. The van der Waals surface area contributed by atoms with E-state index >= 15 is 0 Å². The topological polar surface area (TPSA) is 57.3 Å². The summed E-state index contributed by atoms with van der Waals surface area (Å²) in [6, 6.07) is 7.10. The third kappa shape index (κ3) is 5.10. The van der Waals surface area contributed by atoms with Gasteiger partial charge in [0.25, 0.3) is 0 Å².